The number of rotatable bonds is 8. The highest BCUT2D eigenvalue weighted by molar-refractivity contribution is 9.10. The standard InChI is InChI=1S/C31H21NO.C31H19N.C20H15N.C14H10BO2.C11H7ClO.C6H6BrN/c33-31(24-18-17-21-9-1-2-10-22(21)19-24)32-30-16-8-7-15-28(30)29-20-23-11-3-4-12-25(23)26-13-5-6-14-27(26)29;1-2-10-21-19-22(18-17-20(21)9-1)31-30-26-14-6-4-12-24(26)23-11-3-5-13-25(23)29(30)27-15-7-8-16-28(27)32-31;21-20-12-6-5-11-18(20)19-13-14-7-1-2-8-15(14)16-9-3-4-10-17(16)19;16-15-17-14-9-10-5-1-2-6-11(10)12-7-3-4-8-13(12)14;12-11(13)10-6-5-8-3-1-2-4-9(8)7-10;7-5-3-1-2-4-6(5)8/h1-20H,(H,32,33);1-19H;1-13H,21H2;1-9,16H;1-7H;1-4H,8H2. The predicted molar refractivity (Wildman–Crippen MR) is 530 cm³/mol. The van der Waals surface area contributed by atoms with Crippen molar-refractivity contribution in [2.75, 3.05) is 16.8 Å². The second-order valence-electron chi connectivity index (χ2n) is 30.1. The summed E-state index contributed by atoms with van der Waals surface area (Å²) in [5.74, 6) is 0.556. The maximum absolute atomic E-state index is 13.2. The summed E-state index contributed by atoms with van der Waals surface area (Å²) in [5, 5.41) is 41.4. The zero-order valence-corrected chi connectivity index (χ0v) is 69.5. The van der Waals surface area contributed by atoms with Crippen molar-refractivity contribution < 1.29 is 19.3 Å². The van der Waals surface area contributed by atoms with Gasteiger partial charge in [-0.15, -0.1) is 0 Å². The molecule has 0 aliphatic rings. The molecule has 23 rings (SSSR count). The van der Waals surface area contributed by atoms with E-state index < -0.39 is 5.24 Å². The fraction of sp³-hybridized carbons (Fsp3) is 0. The van der Waals surface area contributed by atoms with Gasteiger partial charge in [0.05, 0.1) is 11.2 Å². The van der Waals surface area contributed by atoms with Crippen LogP contribution in [0.15, 0.2) is 441 Å². The van der Waals surface area contributed by atoms with Crippen LogP contribution < -0.4 is 21.4 Å². The molecule has 0 spiro atoms. The lowest BCUT2D eigenvalue weighted by Crippen LogP contribution is -2.12. The molecule has 6 N–H and O–H groups in total. The zero-order chi connectivity index (χ0) is 84.4. The second kappa shape index (κ2) is 36.3. The molecule has 124 heavy (non-hydrogen) atoms. The summed E-state index contributed by atoms with van der Waals surface area (Å²) in [7, 11) is 0.719. The van der Waals surface area contributed by atoms with Crippen LogP contribution in [-0.2, 0) is 0 Å². The van der Waals surface area contributed by atoms with Gasteiger partial charge in [-0.1, -0.05) is 358 Å². The number of hydrogen-bond donors (Lipinski definition) is 4. The number of para-hydroxylation sites is 4. The topological polar surface area (TPSA) is 141 Å². The molecule has 22 aromatic carbocycles. The monoisotopic (exact) mass is 1680 g/mol. The van der Waals surface area contributed by atoms with Gasteiger partial charge in [-0.25, -0.2) is 4.98 Å². The number of hydrogen-bond acceptors (Lipinski definition) is 7. The Morgan fingerprint density at radius 1 is 0.306 bits per heavy atom. The molecule has 11 heteroatoms. The van der Waals surface area contributed by atoms with Crippen molar-refractivity contribution in [3.63, 3.8) is 0 Å². The van der Waals surface area contributed by atoms with E-state index in [1.54, 1.807) is 12.1 Å². The average molecular weight is 1680 g/mol. The third-order valence-corrected chi connectivity index (χ3v) is 23.6. The van der Waals surface area contributed by atoms with Crippen LogP contribution in [0.2, 0.25) is 0 Å². The Morgan fingerprint density at radius 2 is 0.669 bits per heavy atom. The number of nitrogens with one attached hydrogen (secondary N) is 1. The normalized spacial score (nSPS) is 11.0. The number of pyridine rings is 1. The summed E-state index contributed by atoms with van der Waals surface area (Å²) in [6.07, 6.45) is 0. The van der Waals surface area contributed by atoms with Crippen LogP contribution >= 0.6 is 27.5 Å². The molecular weight excluding hydrogens is 1600 g/mol. The van der Waals surface area contributed by atoms with Gasteiger partial charge < -0.3 is 26.5 Å². The van der Waals surface area contributed by atoms with Crippen molar-refractivity contribution in [1.82, 2.24) is 4.98 Å². The number of amides is 1. The molecule has 0 saturated heterocycles. The summed E-state index contributed by atoms with van der Waals surface area (Å²) in [5.41, 5.74) is 22.9. The summed E-state index contributed by atoms with van der Waals surface area (Å²) < 4.78 is 6.12. The first-order valence-electron chi connectivity index (χ1n) is 40.9. The van der Waals surface area contributed by atoms with Crippen LogP contribution in [0.4, 0.5) is 17.1 Å². The van der Waals surface area contributed by atoms with Crippen molar-refractivity contribution in [2.24, 2.45) is 0 Å². The van der Waals surface area contributed by atoms with Crippen LogP contribution in [0, 0.1) is 0 Å². The lowest BCUT2D eigenvalue weighted by molar-refractivity contribution is 0.102. The number of carbonyl (C=O) groups excluding carboxylic acids is 2. The molecule has 1 aromatic heterocycles. The minimum atomic E-state index is -0.411. The molecule has 0 saturated carbocycles. The largest absolute Gasteiger partial charge is 0.569 e. The Labute approximate surface area is 730 Å². The van der Waals surface area contributed by atoms with Crippen LogP contribution in [0.25, 0.3) is 174 Å². The third kappa shape index (κ3) is 16.6. The van der Waals surface area contributed by atoms with E-state index in [1.807, 2.05) is 170 Å². The molecule has 1 amide bonds. The predicted octanol–water partition coefficient (Wildman–Crippen LogP) is 30.0. The molecule has 1 heterocycles. The SMILES string of the molecule is Nc1ccccc1-c1cc2ccccc2c2ccccc12.Nc1ccccc1Br.O=C(Cl)c1ccc2ccccc2c1.O=C(Nc1ccccc1-c1cc2ccccc2c2ccccc12)c1ccc2ccccc2c1.O[B]Oc1cc2ccccc2c2ccccc12.c1ccc2cc(-c3nc4ccccc4c4c5ccccc5c5ccccc5c34)ccc2c1. The summed E-state index contributed by atoms with van der Waals surface area (Å²) in [4.78, 5) is 29.3. The molecule has 0 bridgehead atoms. The van der Waals surface area contributed by atoms with Gasteiger partial charge in [0.2, 0.25) is 0 Å². The summed E-state index contributed by atoms with van der Waals surface area (Å²) in [6, 6.07) is 149. The minimum absolute atomic E-state index is 0.113. The highest BCUT2D eigenvalue weighted by Crippen LogP contribution is 2.45. The molecule has 0 unspecified atom stereocenters. The van der Waals surface area contributed by atoms with Gasteiger partial charge in [0, 0.05) is 70.9 Å². The lowest BCUT2D eigenvalue weighted by Gasteiger charge is -2.16. The third-order valence-electron chi connectivity index (χ3n) is 22.7. The quantitative estimate of drug-likeness (QED) is 0.0514. The van der Waals surface area contributed by atoms with Crippen LogP contribution in [0.1, 0.15) is 20.7 Å². The van der Waals surface area contributed by atoms with Gasteiger partial charge in [0.25, 0.3) is 11.1 Å². The number of halogens is 2. The van der Waals surface area contributed by atoms with Gasteiger partial charge in [-0.3, -0.25) is 9.59 Å². The smallest absolute Gasteiger partial charge is 0.537 e. The van der Waals surface area contributed by atoms with E-state index in [2.05, 4.69) is 276 Å². The fourth-order valence-corrected chi connectivity index (χ4v) is 17.2. The summed E-state index contributed by atoms with van der Waals surface area (Å²) in [6.45, 7) is 0. The number of carbonyl (C=O) groups is 2. The fourth-order valence-electron chi connectivity index (χ4n) is 16.8. The van der Waals surface area contributed by atoms with E-state index in [-0.39, 0.29) is 5.91 Å². The van der Waals surface area contributed by atoms with Gasteiger partial charge >= 0.3 is 7.69 Å². The molecule has 23 aromatic rings. The highest BCUT2D eigenvalue weighted by atomic mass is 79.9. The number of nitrogens with zero attached hydrogens (tertiary/aromatic N) is 1. The van der Waals surface area contributed by atoms with Gasteiger partial charge in [0.15, 0.2) is 0 Å². The molecular formula is C113H78BBrClN4O4. The lowest BCUT2D eigenvalue weighted by atomic mass is 9.89. The molecule has 0 atom stereocenters. The Morgan fingerprint density at radius 3 is 1.18 bits per heavy atom. The number of anilines is 3. The first kappa shape index (κ1) is 79.8. The molecule has 1 radical (unpaired) electrons. The van der Waals surface area contributed by atoms with Crippen molar-refractivity contribution in [1.29, 1.82) is 0 Å². The molecule has 0 fully saturated rings. The molecule has 591 valence electrons. The minimum Gasteiger partial charge on any atom is -0.537 e. The maximum atomic E-state index is 13.2. The van der Waals surface area contributed by atoms with E-state index in [0.29, 0.717) is 16.9 Å². The van der Waals surface area contributed by atoms with Crippen molar-refractivity contribution in [3.8, 4) is 39.3 Å². The number of fused-ring (bicyclic) bond motifs is 20. The maximum Gasteiger partial charge on any atom is 0.569 e. The van der Waals surface area contributed by atoms with Crippen LogP contribution in [0.5, 0.6) is 5.75 Å². The van der Waals surface area contributed by atoms with E-state index in [0.717, 1.165) is 100 Å². The number of benzene rings is 22. The van der Waals surface area contributed by atoms with Crippen LogP contribution in [-0.4, -0.2) is 28.8 Å². The van der Waals surface area contributed by atoms with E-state index in [1.165, 1.54) is 103 Å². The van der Waals surface area contributed by atoms with E-state index >= 15 is 0 Å². The Hall–Kier alpha value is -15.3. The number of aromatic nitrogens is 1. The Balaban J connectivity index is 0.000000107. The van der Waals surface area contributed by atoms with Crippen molar-refractivity contribution >= 4 is 204 Å². The Kier molecular flexibility index (Phi) is 23.4. The van der Waals surface area contributed by atoms with Crippen LogP contribution in [0.3, 0.4) is 0 Å². The molecule has 0 aliphatic heterocycles. The van der Waals surface area contributed by atoms with E-state index in [4.69, 9.17) is 37.7 Å². The van der Waals surface area contributed by atoms with Gasteiger partial charge in [0.1, 0.15) is 5.75 Å². The van der Waals surface area contributed by atoms with E-state index in [9.17, 15) is 9.59 Å². The van der Waals surface area contributed by atoms with Crippen molar-refractivity contribution in [3.05, 3.63) is 452 Å². The van der Waals surface area contributed by atoms with Gasteiger partial charge in [-0.2, -0.15) is 0 Å². The van der Waals surface area contributed by atoms with Gasteiger partial charge in [-0.05, 0) is 231 Å². The highest BCUT2D eigenvalue weighted by Gasteiger charge is 2.20. The first-order chi connectivity index (χ1) is 61.0. The molecule has 0 aliphatic carbocycles. The number of nitrogen functional groups attached to an aromatic ring is 2. The average Bonchev–Trinajstić information content (AvgIpc) is 0.715. The zero-order valence-electron chi connectivity index (χ0n) is 67.2. The second-order valence-corrected chi connectivity index (χ2v) is 31.3. The van der Waals surface area contributed by atoms with Crippen molar-refractivity contribution in [2.45, 2.75) is 0 Å². The first-order valence-corrected chi connectivity index (χ1v) is 42.0. The Bertz CT molecular complexity index is 8000. The summed E-state index contributed by atoms with van der Waals surface area (Å²) >= 11 is 8.63. The molecule has 8 nitrogen and oxygen atoms in total. The number of nitrogens with two attached hydrogens (primary N) is 2.